The quantitative estimate of drug-likeness (QED) is 0.505. The van der Waals surface area contributed by atoms with Gasteiger partial charge in [0.15, 0.2) is 5.75 Å². The third-order valence-electron chi connectivity index (χ3n) is 4.70. The fourth-order valence-electron chi connectivity index (χ4n) is 3.47. The van der Waals surface area contributed by atoms with Crippen LogP contribution < -0.4 is 14.2 Å². The topological polar surface area (TPSA) is 149 Å². The van der Waals surface area contributed by atoms with Gasteiger partial charge in [0.25, 0.3) is 17.7 Å². The highest BCUT2D eigenvalue weighted by Crippen LogP contribution is 2.37. The number of sulfone groups is 1. The highest BCUT2D eigenvalue weighted by molar-refractivity contribution is 7.92. The number of aromatic nitrogens is 1. The Hall–Kier alpha value is -3.19. The molecule has 178 valence electrons. The van der Waals surface area contributed by atoms with Crippen molar-refractivity contribution in [3.63, 3.8) is 0 Å². The Bertz CT molecular complexity index is 1320. The fraction of sp³-hybridized carbons (Fsp3) is 0.350. The Morgan fingerprint density at radius 3 is 2.33 bits per heavy atom. The van der Waals surface area contributed by atoms with Crippen molar-refractivity contribution in [1.29, 1.82) is 0 Å². The zero-order chi connectivity index (χ0) is 24.6. The SMILES string of the molecule is CCOc1nc([C@@H](CS(C)(=O)=O)N2C(=O)c3cccc(NS(C)(=O)=O)c3C2=O)ccc1OC. The Labute approximate surface area is 191 Å². The summed E-state index contributed by atoms with van der Waals surface area (Å²) in [7, 11) is -6.03. The molecule has 1 aliphatic rings. The summed E-state index contributed by atoms with van der Waals surface area (Å²) in [5.74, 6) is -1.84. The van der Waals surface area contributed by atoms with Crippen LogP contribution >= 0.6 is 0 Å². The van der Waals surface area contributed by atoms with Crippen LogP contribution in [0.3, 0.4) is 0 Å². The summed E-state index contributed by atoms with van der Waals surface area (Å²) in [6, 6.07) is 5.79. The summed E-state index contributed by atoms with van der Waals surface area (Å²) in [4.78, 5) is 31.6. The molecule has 0 saturated carbocycles. The molecule has 0 bridgehead atoms. The van der Waals surface area contributed by atoms with Gasteiger partial charge in [-0.25, -0.2) is 21.8 Å². The van der Waals surface area contributed by atoms with Crippen LogP contribution in [0.25, 0.3) is 0 Å². The van der Waals surface area contributed by atoms with E-state index in [1.807, 2.05) is 0 Å². The predicted octanol–water partition coefficient (Wildman–Crippen LogP) is 1.24. The van der Waals surface area contributed by atoms with Crippen LogP contribution in [-0.2, 0) is 19.9 Å². The van der Waals surface area contributed by atoms with Gasteiger partial charge >= 0.3 is 0 Å². The molecule has 0 aliphatic carbocycles. The summed E-state index contributed by atoms with van der Waals surface area (Å²) in [5, 5.41) is 0. The van der Waals surface area contributed by atoms with Crippen molar-refractivity contribution in [2.24, 2.45) is 0 Å². The number of sulfonamides is 1. The Kier molecular flexibility index (Phi) is 6.65. The number of carbonyl (C=O) groups excluding carboxylic acids is 2. The smallest absolute Gasteiger partial charge is 0.264 e. The second-order valence-electron chi connectivity index (χ2n) is 7.37. The molecular formula is C20H23N3O8S2. The fourth-order valence-corrected chi connectivity index (χ4v) is 4.94. The first kappa shape index (κ1) is 24.5. The zero-order valence-electron chi connectivity index (χ0n) is 18.4. The molecule has 1 aromatic carbocycles. The number of fused-ring (bicyclic) bond motifs is 1. The summed E-state index contributed by atoms with van der Waals surface area (Å²) in [6.07, 6.45) is 1.89. The lowest BCUT2D eigenvalue weighted by Gasteiger charge is -2.26. The monoisotopic (exact) mass is 497 g/mol. The number of methoxy groups -OCH3 is 1. The van der Waals surface area contributed by atoms with Gasteiger partial charge in [-0.3, -0.25) is 19.2 Å². The highest BCUT2D eigenvalue weighted by Gasteiger charge is 2.44. The van der Waals surface area contributed by atoms with E-state index >= 15 is 0 Å². The molecule has 0 fully saturated rings. The minimum atomic E-state index is -3.75. The van der Waals surface area contributed by atoms with Gasteiger partial charge in [0, 0.05) is 6.26 Å². The normalized spacial score (nSPS) is 14.7. The number of hydrogen-bond acceptors (Lipinski definition) is 9. The van der Waals surface area contributed by atoms with Crippen LogP contribution in [0.15, 0.2) is 30.3 Å². The van der Waals surface area contributed by atoms with E-state index in [0.29, 0.717) is 5.75 Å². The van der Waals surface area contributed by atoms with E-state index in [4.69, 9.17) is 9.47 Å². The van der Waals surface area contributed by atoms with Gasteiger partial charge in [0.1, 0.15) is 9.84 Å². The number of pyridine rings is 1. The van der Waals surface area contributed by atoms with Crippen LogP contribution in [0, 0.1) is 0 Å². The van der Waals surface area contributed by atoms with Crippen LogP contribution in [0.2, 0.25) is 0 Å². The van der Waals surface area contributed by atoms with Crippen molar-refractivity contribution in [2.75, 3.05) is 36.7 Å². The van der Waals surface area contributed by atoms with Crippen molar-refractivity contribution in [2.45, 2.75) is 13.0 Å². The Balaban J connectivity index is 2.15. The molecule has 33 heavy (non-hydrogen) atoms. The lowest BCUT2D eigenvalue weighted by atomic mass is 10.1. The third kappa shape index (κ3) is 5.25. The Morgan fingerprint density at radius 1 is 1.06 bits per heavy atom. The van der Waals surface area contributed by atoms with Crippen molar-refractivity contribution >= 4 is 37.4 Å². The average molecular weight is 498 g/mol. The molecule has 13 heteroatoms. The number of carbonyl (C=O) groups is 2. The predicted molar refractivity (Wildman–Crippen MR) is 120 cm³/mol. The molecule has 0 saturated heterocycles. The summed E-state index contributed by atoms with van der Waals surface area (Å²) >= 11 is 0. The first-order valence-electron chi connectivity index (χ1n) is 9.70. The number of anilines is 1. The number of hydrogen-bond donors (Lipinski definition) is 1. The van der Waals surface area contributed by atoms with Crippen LogP contribution in [0.5, 0.6) is 11.6 Å². The zero-order valence-corrected chi connectivity index (χ0v) is 20.0. The van der Waals surface area contributed by atoms with Crippen molar-refractivity contribution in [3.8, 4) is 11.6 Å². The first-order chi connectivity index (χ1) is 15.4. The van der Waals surface area contributed by atoms with Gasteiger partial charge in [0.05, 0.1) is 54.3 Å². The summed E-state index contributed by atoms with van der Waals surface area (Å²) < 4.78 is 60.8. The van der Waals surface area contributed by atoms with Crippen molar-refractivity contribution in [3.05, 3.63) is 47.2 Å². The Morgan fingerprint density at radius 2 is 1.76 bits per heavy atom. The van der Waals surface area contributed by atoms with Gasteiger partial charge in [-0.1, -0.05) is 6.07 Å². The van der Waals surface area contributed by atoms with Crippen LogP contribution in [-0.4, -0.2) is 70.5 Å². The summed E-state index contributed by atoms with van der Waals surface area (Å²) in [5.41, 5.74) is -0.195. The van der Waals surface area contributed by atoms with E-state index in [2.05, 4.69) is 9.71 Å². The first-order valence-corrected chi connectivity index (χ1v) is 13.7. The van der Waals surface area contributed by atoms with Gasteiger partial charge in [0.2, 0.25) is 10.0 Å². The lowest BCUT2D eigenvalue weighted by Crippen LogP contribution is -2.38. The molecule has 1 atom stereocenters. The minimum absolute atomic E-state index is 0.0503. The maximum Gasteiger partial charge on any atom is 0.264 e. The molecule has 0 unspecified atom stereocenters. The standard InChI is InChI=1S/C20H23N3O8S2/c1-5-31-18-16(30-2)10-9-13(21-18)15(11-32(3,26)27)23-19(24)12-7-6-8-14(17(12)20(23)25)22-33(4,28)29/h6-10,15,22H,5,11H2,1-4H3/t15-/m1/s1. The van der Waals surface area contributed by atoms with Gasteiger partial charge in [-0.2, -0.15) is 0 Å². The second kappa shape index (κ2) is 8.98. The molecule has 1 aromatic heterocycles. The third-order valence-corrected chi connectivity index (χ3v) is 6.22. The minimum Gasteiger partial charge on any atom is -0.491 e. The summed E-state index contributed by atoms with van der Waals surface area (Å²) in [6.45, 7) is 1.97. The van der Waals surface area contributed by atoms with E-state index in [9.17, 15) is 26.4 Å². The van der Waals surface area contributed by atoms with Crippen LogP contribution in [0.4, 0.5) is 5.69 Å². The molecular weight excluding hydrogens is 474 g/mol. The molecule has 2 amide bonds. The molecule has 3 rings (SSSR count). The van der Waals surface area contributed by atoms with Gasteiger partial charge in [-0.05, 0) is 31.2 Å². The van der Waals surface area contributed by atoms with Gasteiger partial charge in [-0.15, -0.1) is 0 Å². The van der Waals surface area contributed by atoms with Gasteiger partial charge < -0.3 is 9.47 Å². The molecule has 1 aliphatic heterocycles. The molecule has 0 radical (unpaired) electrons. The number of amides is 2. The molecule has 1 N–H and O–H groups in total. The average Bonchev–Trinajstić information content (AvgIpc) is 2.96. The highest BCUT2D eigenvalue weighted by atomic mass is 32.2. The van der Waals surface area contributed by atoms with Crippen LogP contribution in [0.1, 0.15) is 39.4 Å². The van der Waals surface area contributed by atoms with E-state index < -0.39 is 43.5 Å². The number of ether oxygens (including phenoxy) is 2. The number of benzene rings is 1. The maximum absolute atomic E-state index is 13.3. The molecule has 0 spiro atoms. The van der Waals surface area contributed by atoms with E-state index in [1.165, 1.54) is 37.4 Å². The van der Waals surface area contributed by atoms with E-state index in [0.717, 1.165) is 17.4 Å². The number of rotatable bonds is 9. The van der Waals surface area contributed by atoms with E-state index in [1.54, 1.807) is 6.92 Å². The number of imide groups is 1. The number of nitrogens with one attached hydrogen (secondary N) is 1. The van der Waals surface area contributed by atoms with Crippen molar-refractivity contribution < 1.29 is 35.9 Å². The molecule has 11 nitrogen and oxygen atoms in total. The lowest BCUT2D eigenvalue weighted by molar-refractivity contribution is 0.0594. The molecule has 2 heterocycles. The van der Waals surface area contributed by atoms with E-state index in [-0.39, 0.29) is 35.0 Å². The maximum atomic E-state index is 13.3. The number of nitrogens with zero attached hydrogens (tertiary/aromatic N) is 2. The largest absolute Gasteiger partial charge is 0.491 e. The second-order valence-corrected chi connectivity index (χ2v) is 11.3. The molecule has 2 aromatic rings. The van der Waals surface area contributed by atoms with Crippen molar-refractivity contribution in [1.82, 2.24) is 9.88 Å².